The normalized spacial score (nSPS) is 11.6. The van der Waals surface area contributed by atoms with E-state index >= 15 is 0 Å². The van der Waals surface area contributed by atoms with E-state index in [2.05, 4.69) is 15.4 Å². The number of carbonyl (C=O) groups is 2. The van der Waals surface area contributed by atoms with Gasteiger partial charge in [0.25, 0.3) is 5.82 Å². The van der Waals surface area contributed by atoms with Crippen molar-refractivity contribution >= 4 is 34.6 Å². The largest absolute Gasteiger partial charge is 0.475 e. The standard InChI is InChI=1S/C19H15FN4O3S/c1-11-7-8-12(20)9-14(11)16(25)15(24-10-21-17(23-24)19(26)27)18(28)22-13-5-3-2-4-6-13/h2-10,15H,1H3,(H,22,28)(H,26,27). The summed E-state index contributed by atoms with van der Waals surface area (Å²) in [6.07, 6.45) is 1.11. The van der Waals surface area contributed by atoms with E-state index in [0.29, 0.717) is 11.3 Å². The first-order chi connectivity index (χ1) is 13.4. The fourth-order valence-electron chi connectivity index (χ4n) is 2.60. The van der Waals surface area contributed by atoms with Crippen LogP contribution in [0.15, 0.2) is 54.9 Å². The Hall–Kier alpha value is -3.46. The molecule has 0 saturated carbocycles. The zero-order valence-corrected chi connectivity index (χ0v) is 15.5. The number of aryl methyl sites for hydroxylation is 1. The summed E-state index contributed by atoms with van der Waals surface area (Å²) in [5.41, 5.74) is 1.31. The molecule has 1 atom stereocenters. The second-order valence-electron chi connectivity index (χ2n) is 5.93. The summed E-state index contributed by atoms with van der Waals surface area (Å²) in [6.45, 7) is 1.67. The number of hydrogen-bond donors (Lipinski definition) is 2. The molecule has 0 fully saturated rings. The number of ketones is 1. The Labute approximate surface area is 164 Å². The molecule has 3 aromatic rings. The molecule has 9 heteroatoms. The lowest BCUT2D eigenvalue weighted by Crippen LogP contribution is -2.32. The predicted molar refractivity (Wildman–Crippen MR) is 104 cm³/mol. The quantitative estimate of drug-likeness (QED) is 0.486. The van der Waals surface area contributed by atoms with Crippen molar-refractivity contribution in [3.05, 3.63) is 77.6 Å². The lowest BCUT2D eigenvalue weighted by atomic mass is 9.99. The molecular formula is C19H15FN4O3S. The van der Waals surface area contributed by atoms with Crippen molar-refractivity contribution < 1.29 is 19.1 Å². The van der Waals surface area contributed by atoms with Crippen LogP contribution in [0.25, 0.3) is 0 Å². The molecule has 1 heterocycles. The van der Waals surface area contributed by atoms with E-state index in [1.165, 1.54) is 12.1 Å². The van der Waals surface area contributed by atoms with E-state index in [0.717, 1.165) is 17.1 Å². The maximum absolute atomic E-state index is 13.7. The summed E-state index contributed by atoms with van der Waals surface area (Å²) in [5.74, 6) is -2.92. The number of halogens is 1. The van der Waals surface area contributed by atoms with Gasteiger partial charge >= 0.3 is 5.97 Å². The average Bonchev–Trinajstić information content (AvgIpc) is 3.14. The van der Waals surface area contributed by atoms with Crippen LogP contribution in [0, 0.1) is 12.7 Å². The molecule has 1 aromatic heterocycles. The summed E-state index contributed by atoms with van der Waals surface area (Å²) >= 11 is 5.41. The highest BCUT2D eigenvalue weighted by Crippen LogP contribution is 2.21. The summed E-state index contributed by atoms with van der Waals surface area (Å²) in [7, 11) is 0. The highest BCUT2D eigenvalue weighted by atomic mass is 32.1. The van der Waals surface area contributed by atoms with Crippen molar-refractivity contribution in [2.24, 2.45) is 0 Å². The first-order valence-corrected chi connectivity index (χ1v) is 8.58. The number of carboxylic acid groups (broad SMARTS) is 1. The monoisotopic (exact) mass is 398 g/mol. The first kappa shape index (κ1) is 19.3. The molecule has 0 aliphatic rings. The van der Waals surface area contributed by atoms with Crippen LogP contribution in [0.3, 0.4) is 0 Å². The molecule has 0 radical (unpaired) electrons. The number of carboxylic acids is 1. The van der Waals surface area contributed by atoms with Crippen molar-refractivity contribution in [2.45, 2.75) is 13.0 Å². The number of rotatable bonds is 6. The van der Waals surface area contributed by atoms with E-state index in [4.69, 9.17) is 17.3 Å². The third-order valence-corrected chi connectivity index (χ3v) is 4.29. The van der Waals surface area contributed by atoms with E-state index in [1.807, 2.05) is 6.07 Å². The maximum atomic E-state index is 13.7. The molecule has 0 bridgehead atoms. The van der Waals surface area contributed by atoms with Gasteiger partial charge in [0.1, 0.15) is 17.1 Å². The van der Waals surface area contributed by atoms with Gasteiger partial charge in [-0.25, -0.2) is 18.9 Å². The minimum atomic E-state index is -1.34. The third-order valence-electron chi connectivity index (χ3n) is 3.97. The Morgan fingerprint density at radius 3 is 2.57 bits per heavy atom. The second-order valence-corrected chi connectivity index (χ2v) is 6.37. The van der Waals surface area contributed by atoms with Gasteiger partial charge in [0.15, 0.2) is 11.8 Å². The zero-order valence-electron chi connectivity index (χ0n) is 14.7. The summed E-state index contributed by atoms with van der Waals surface area (Å²) in [6, 6.07) is 11.6. The van der Waals surface area contributed by atoms with Gasteiger partial charge in [0.2, 0.25) is 0 Å². The number of carbonyl (C=O) groups excluding carboxylic acids is 1. The van der Waals surface area contributed by atoms with Gasteiger partial charge in [-0.2, -0.15) is 0 Å². The van der Waals surface area contributed by atoms with E-state index in [9.17, 15) is 14.0 Å². The number of nitrogens with one attached hydrogen (secondary N) is 1. The van der Waals surface area contributed by atoms with E-state index < -0.39 is 29.4 Å². The maximum Gasteiger partial charge on any atom is 0.375 e. The molecule has 2 aromatic carbocycles. The van der Waals surface area contributed by atoms with Crippen LogP contribution in [0.2, 0.25) is 0 Å². The van der Waals surface area contributed by atoms with Crippen LogP contribution in [0.1, 0.15) is 32.6 Å². The predicted octanol–water partition coefficient (Wildman–Crippen LogP) is 3.29. The number of aromatic carboxylic acids is 1. The minimum absolute atomic E-state index is 0.0710. The zero-order chi connectivity index (χ0) is 20.3. The highest BCUT2D eigenvalue weighted by Gasteiger charge is 2.30. The van der Waals surface area contributed by atoms with E-state index in [1.54, 1.807) is 31.2 Å². The number of aromatic nitrogens is 3. The van der Waals surface area contributed by atoms with Crippen molar-refractivity contribution in [3.63, 3.8) is 0 Å². The minimum Gasteiger partial charge on any atom is -0.475 e. The van der Waals surface area contributed by atoms with Crippen LogP contribution in [0.5, 0.6) is 0 Å². The average molecular weight is 398 g/mol. The molecule has 0 aliphatic heterocycles. The van der Waals surface area contributed by atoms with Crippen LogP contribution in [0.4, 0.5) is 10.1 Å². The third kappa shape index (κ3) is 4.09. The molecule has 3 rings (SSSR count). The molecule has 28 heavy (non-hydrogen) atoms. The Morgan fingerprint density at radius 2 is 1.93 bits per heavy atom. The van der Waals surface area contributed by atoms with Gasteiger partial charge in [0, 0.05) is 11.3 Å². The lowest BCUT2D eigenvalue weighted by molar-refractivity contribution is 0.0682. The number of thiocarbonyl (C=S) groups is 1. The fourth-order valence-corrected chi connectivity index (χ4v) is 2.93. The van der Waals surface area contributed by atoms with Crippen molar-refractivity contribution in [3.8, 4) is 0 Å². The van der Waals surface area contributed by atoms with Crippen LogP contribution >= 0.6 is 12.2 Å². The van der Waals surface area contributed by atoms with Crippen molar-refractivity contribution in [2.75, 3.05) is 5.32 Å². The summed E-state index contributed by atoms with van der Waals surface area (Å²) < 4.78 is 14.8. The summed E-state index contributed by atoms with van der Waals surface area (Å²) in [4.78, 5) is 28.1. The Morgan fingerprint density at radius 1 is 1.21 bits per heavy atom. The van der Waals surface area contributed by atoms with Crippen LogP contribution < -0.4 is 5.32 Å². The molecule has 1 unspecified atom stereocenters. The van der Waals surface area contributed by atoms with Gasteiger partial charge < -0.3 is 10.4 Å². The SMILES string of the molecule is Cc1ccc(F)cc1C(=O)C(C(=S)Nc1ccccc1)n1cnc(C(=O)O)n1. The lowest BCUT2D eigenvalue weighted by Gasteiger charge is -2.19. The number of para-hydroxylation sites is 1. The molecule has 0 aliphatic carbocycles. The topological polar surface area (TPSA) is 97.1 Å². The van der Waals surface area contributed by atoms with Crippen LogP contribution in [-0.2, 0) is 0 Å². The van der Waals surface area contributed by atoms with Gasteiger partial charge in [-0.05, 0) is 36.8 Å². The molecule has 0 saturated heterocycles. The first-order valence-electron chi connectivity index (χ1n) is 8.17. The van der Waals surface area contributed by atoms with E-state index in [-0.39, 0.29) is 10.6 Å². The van der Waals surface area contributed by atoms with Gasteiger partial charge in [0.05, 0.1) is 0 Å². The van der Waals surface area contributed by atoms with Crippen molar-refractivity contribution in [1.82, 2.24) is 14.8 Å². The molecule has 0 spiro atoms. The van der Waals surface area contributed by atoms with Gasteiger partial charge in [-0.15, -0.1) is 5.10 Å². The molecular weight excluding hydrogens is 383 g/mol. The van der Waals surface area contributed by atoms with Gasteiger partial charge in [-0.3, -0.25) is 4.79 Å². The smallest absolute Gasteiger partial charge is 0.375 e. The number of hydrogen-bond acceptors (Lipinski definition) is 5. The number of anilines is 1. The van der Waals surface area contributed by atoms with Gasteiger partial charge in [-0.1, -0.05) is 36.5 Å². The molecule has 0 amide bonds. The Bertz CT molecular complexity index is 1050. The Kier molecular flexibility index (Phi) is 5.55. The number of nitrogens with zero attached hydrogens (tertiary/aromatic N) is 3. The molecule has 2 N–H and O–H groups in total. The summed E-state index contributed by atoms with van der Waals surface area (Å²) in [5, 5.41) is 15.8. The number of Topliss-reactive ketones (excluding diaryl/α,β-unsaturated/α-hetero) is 1. The molecule has 142 valence electrons. The fraction of sp³-hybridized carbons (Fsp3) is 0.105. The molecule has 7 nitrogen and oxygen atoms in total. The number of benzene rings is 2. The van der Waals surface area contributed by atoms with Crippen LogP contribution in [-0.4, -0.2) is 36.6 Å². The second kappa shape index (κ2) is 8.05. The highest BCUT2D eigenvalue weighted by molar-refractivity contribution is 7.80. The van der Waals surface area contributed by atoms with Crippen molar-refractivity contribution in [1.29, 1.82) is 0 Å². The Balaban J connectivity index is 2.02.